The molecule has 6 nitrogen and oxygen atoms in total. The van der Waals surface area contributed by atoms with Gasteiger partial charge in [0, 0.05) is 13.7 Å². The summed E-state index contributed by atoms with van der Waals surface area (Å²) in [5.41, 5.74) is -0.259. The molecule has 2 N–H and O–H groups in total. The van der Waals surface area contributed by atoms with Crippen LogP contribution in [0.4, 0.5) is 6.01 Å². The van der Waals surface area contributed by atoms with Crippen LogP contribution in [0.15, 0.2) is 4.42 Å². The van der Waals surface area contributed by atoms with Gasteiger partial charge in [-0.05, 0) is 26.3 Å². The zero-order chi connectivity index (χ0) is 13.6. The maximum absolute atomic E-state index is 5.45. The van der Waals surface area contributed by atoms with Crippen molar-refractivity contribution in [2.45, 2.75) is 39.8 Å². The third kappa shape index (κ3) is 5.46. The van der Waals surface area contributed by atoms with Gasteiger partial charge < -0.3 is 19.8 Å². The molecule has 0 fully saturated rings. The van der Waals surface area contributed by atoms with Crippen molar-refractivity contribution < 1.29 is 9.15 Å². The Kier molecular flexibility index (Phi) is 5.55. The van der Waals surface area contributed by atoms with Crippen molar-refractivity contribution in [1.29, 1.82) is 0 Å². The van der Waals surface area contributed by atoms with E-state index in [0.29, 0.717) is 30.9 Å². The Morgan fingerprint density at radius 3 is 2.67 bits per heavy atom. The molecule has 0 aliphatic carbocycles. The Labute approximate surface area is 108 Å². The molecule has 0 aliphatic heterocycles. The molecule has 18 heavy (non-hydrogen) atoms. The first-order valence-electron chi connectivity index (χ1n) is 6.25. The Morgan fingerprint density at radius 1 is 1.33 bits per heavy atom. The summed E-state index contributed by atoms with van der Waals surface area (Å²) in [5, 5.41) is 14.2. The Bertz CT molecular complexity index is 350. The summed E-state index contributed by atoms with van der Waals surface area (Å²) in [4.78, 5) is 0. The molecule has 0 spiro atoms. The number of ether oxygens (including phenoxy) is 1. The number of rotatable bonds is 8. The average Bonchev–Trinajstić information content (AvgIpc) is 2.74. The van der Waals surface area contributed by atoms with Gasteiger partial charge in [0.2, 0.25) is 5.89 Å². The van der Waals surface area contributed by atoms with Crippen molar-refractivity contribution in [3.8, 4) is 0 Å². The molecular weight excluding hydrogens is 232 g/mol. The van der Waals surface area contributed by atoms with Crippen LogP contribution >= 0.6 is 0 Å². The van der Waals surface area contributed by atoms with Gasteiger partial charge in [-0.15, -0.1) is 5.10 Å². The fraction of sp³-hybridized carbons (Fsp3) is 0.833. The minimum Gasteiger partial charge on any atom is -0.407 e. The van der Waals surface area contributed by atoms with Gasteiger partial charge in [0.1, 0.15) is 0 Å². The summed E-state index contributed by atoms with van der Waals surface area (Å²) in [7, 11) is 1.68. The van der Waals surface area contributed by atoms with Crippen LogP contribution in [-0.2, 0) is 11.3 Å². The lowest BCUT2D eigenvalue weighted by Gasteiger charge is -2.22. The number of hydrogen-bond acceptors (Lipinski definition) is 6. The number of nitrogens with one attached hydrogen (secondary N) is 2. The number of methoxy groups -OCH3 is 1. The number of nitrogens with zero attached hydrogens (tertiary/aromatic N) is 2. The lowest BCUT2D eigenvalue weighted by molar-refractivity contribution is 0.0339. The molecular formula is C12H24N4O2. The third-order valence-corrected chi connectivity index (χ3v) is 2.51. The van der Waals surface area contributed by atoms with E-state index in [4.69, 9.17) is 9.15 Å². The average molecular weight is 256 g/mol. The fourth-order valence-corrected chi connectivity index (χ4v) is 1.22. The van der Waals surface area contributed by atoms with E-state index in [1.807, 2.05) is 13.8 Å². The SMILES string of the molecule is COC(C)(C)CNc1nnc(CNCC(C)C)o1. The summed E-state index contributed by atoms with van der Waals surface area (Å²) >= 11 is 0. The molecule has 104 valence electrons. The van der Waals surface area contributed by atoms with Crippen LogP contribution < -0.4 is 10.6 Å². The summed E-state index contributed by atoms with van der Waals surface area (Å²) in [6.45, 7) is 10.4. The molecule has 0 atom stereocenters. The number of anilines is 1. The largest absolute Gasteiger partial charge is 0.407 e. The highest BCUT2D eigenvalue weighted by Crippen LogP contribution is 2.10. The summed E-state index contributed by atoms with van der Waals surface area (Å²) in [6.07, 6.45) is 0. The molecule has 0 amide bonds. The van der Waals surface area contributed by atoms with Crippen LogP contribution in [-0.4, -0.2) is 36.0 Å². The highest BCUT2D eigenvalue weighted by molar-refractivity contribution is 5.17. The first kappa shape index (κ1) is 14.9. The first-order valence-corrected chi connectivity index (χ1v) is 6.25. The van der Waals surface area contributed by atoms with E-state index >= 15 is 0 Å². The predicted molar refractivity (Wildman–Crippen MR) is 70.4 cm³/mol. The molecule has 6 heteroatoms. The third-order valence-electron chi connectivity index (χ3n) is 2.51. The second kappa shape index (κ2) is 6.70. The van der Waals surface area contributed by atoms with E-state index in [9.17, 15) is 0 Å². The molecule has 0 saturated heterocycles. The van der Waals surface area contributed by atoms with E-state index in [1.54, 1.807) is 7.11 Å². The van der Waals surface area contributed by atoms with Gasteiger partial charge in [0.15, 0.2) is 0 Å². The van der Waals surface area contributed by atoms with E-state index in [0.717, 1.165) is 6.54 Å². The second-order valence-corrected chi connectivity index (χ2v) is 5.34. The fourth-order valence-electron chi connectivity index (χ4n) is 1.22. The zero-order valence-electron chi connectivity index (χ0n) is 11.9. The molecule has 1 heterocycles. The summed E-state index contributed by atoms with van der Waals surface area (Å²) in [6, 6.07) is 0.432. The molecule has 1 aromatic heterocycles. The number of hydrogen-bond donors (Lipinski definition) is 2. The zero-order valence-corrected chi connectivity index (χ0v) is 11.9. The van der Waals surface area contributed by atoms with Crippen LogP contribution in [0.25, 0.3) is 0 Å². The normalized spacial score (nSPS) is 12.1. The van der Waals surface area contributed by atoms with Crippen molar-refractivity contribution in [2.75, 3.05) is 25.5 Å². The van der Waals surface area contributed by atoms with E-state index in [2.05, 4.69) is 34.7 Å². The highest BCUT2D eigenvalue weighted by atomic mass is 16.5. The lowest BCUT2D eigenvalue weighted by atomic mass is 10.1. The summed E-state index contributed by atoms with van der Waals surface area (Å²) in [5.74, 6) is 1.20. The maximum Gasteiger partial charge on any atom is 0.315 e. The topological polar surface area (TPSA) is 72.2 Å². The molecule has 0 unspecified atom stereocenters. The standard InChI is InChI=1S/C12H24N4O2/c1-9(2)6-13-7-10-15-16-11(18-10)14-8-12(3,4)17-5/h9,13H,6-8H2,1-5H3,(H,14,16). The lowest BCUT2D eigenvalue weighted by Crippen LogP contribution is -2.32. The molecule has 0 aliphatic rings. The van der Waals surface area contributed by atoms with Crippen LogP contribution in [0.1, 0.15) is 33.6 Å². The molecule has 1 aromatic rings. The molecule has 0 aromatic carbocycles. The van der Waals surface area contributed by atoms with E-state index < -0.39 is 0 Å². The van der Waals surface area contributed by atoms with Crippen molar-refractivity contribution in [3.05, 3.63) is 5.89 Å². The van der Waals surface area contributed by atoms with Gasteiger partial charge >= 0.3 is 6.01 Å². The molecule has 0 radical (unpaired) electrons. The van der Waals surface area contributed by atoms with Crippen LogP contribution in [0.2, 0.25) is 0 Å². The Morgan fingerprint density at radius 2 is 2.06 bits per heavy atom. The molecule has 0 saturated carbocycles. The minimum atomic E-state index is -0.259. The smallest absolute Gasteiger partial charge is 0.315 e. The van der Waals surface area contributed by atoms with Crippen molar-refractivity contribution in [3.63, 3.8) is 0 Å². The van der Waals surface area contributed by atoms with Crippen LogP contribution in [0.5, 0.6) is 0 Å². The Hall–Kier alpha value is -1.14. The first-order chi connectivity index (χ1) is 8.43. The van der Waals surface area contributed by atoms with Gasteiger partial charge in [-0.3, -0.25) is 0 Å². The predicted octanol–water partition coefficient (Wildman–Crippen LogP) is 1.65. The van der Waals surface area contributed by atoms with Gasteiger partial charge in [0.05, 0.1) is 12.1 Å². The minimum absolute atomic E-state index is 0.259. The van der Waals surface area contributed by atoms with Gasteiger partial charge in [-0.1, -0.05) is 18.9 Å². The summed E-state index contributed by atoms with van der Waals surface area (Å²) < 4.78 is 10.7. The van der Waals surface area contributed by atoms with E-state index in [-0.39, 0.29) is 5.60 Å². The molecule has 1 rings (SSSR count). The quantitative estimate of drug-likeness (QED) is 0.737. The van der Waals surface area contributed by atoms with Crippen LogP contribution in [0.3, 0.4) is 0 Å². The van der Waals surface area contributed by atoms with E-state index in [1.165, 1.54) is 0 Å². The maximum atomic E-state index is 5.45. The van der Waals surface area contributed by atoms with Crippen LogP contribution in [0, 0.1) is 5.92 Å². The van der Waals surface area contributed by atoms with Crippen molar-refractivity contribution >= 4 is 6.01 Å². The van der Waals surface area contributed by atoms with Gasteiger partial charge in [-0.25, -0.2) is 0 Å². The van der Waals surface area contributed by atoms with Gasteiger partial charge in [-0.2, -0.15) is 0 Å². The highest BCUT2D eigenvalue weighted by Gasteiger charge is 2.17. The monoisotopic (exact) mass is 256 g/mol. The number of aromatic nitrogens is 2. The second-order valence-electron chi connectivity index (χ2n) is 5.34. The van der Waals surface area contributed by atoms with Gasteiger partial charge in [0.25, 0.3) is 0 Å². The van der Waals surface area contributed by atoms with Crippen molar-refractivity contribution in [2.24, 2.45) is 5.92 Å². The van der Waals surface area contributed by atoms with Crippen molar-refractivity contribution in [1.82, 2.24) is 15.5 Å². The Balaban J connectivity index is 2.34. The molecule has 0 bridgehead atoms.